The summed E-state index contributed by atoms with van der Waals surface area (Å²) in [5.74, 6) is -1.95. The summed E-state index contributed by atoms with van der Waals surface area (Å²) >= 11 is 0. The predicted molar refractivity (Wildman–Crippen MR) is 93.6 cm³/mol. The quantitative estimate of drug-likeness (QED) is 0.791. The second-order valence-corrected chi connectivity index (χ2v) is 6.51. The molecule has 0 saturated heterocycles. The number of likely N-dealkylation sites (N-methyl/N-ethyl adjacent to an activating group) is 1. The Morgan fingerprint density at radius 2 is 1.84 bits per heavy atom. The zero-order valence-corrected chi connectivity index (χ0v) is 14.6. The summed E-state index contributed by atoms with van der Waals surface area (Å²) in [5, 5.41) is 11.8. The molecule has 1 saturated carbocycles. The molecule has 2 atom stereocenters. The van der Waals surface area contributed by atoms with Gasteiger partial charge < -0.3 is 15.3 Å². The van der Waals surface area contributed by atoms with Crippen molar-refractivity contribution in [1.29, 1.82) is 0 Å². The maximum absolute atomic E-state index is 12.4. The van der Waals surface area contributed by atoms with E-state index in [9.17, 15) is 14.4 Å². The maximum atomic E-state index is 12.4. The molecule has 25 heavy (non-hydrogen) atoms. The Balaban J connectivity index is 1.83. The average molecular weight is 346 g/mol. The Kier molecular flexibility index (Phi) is 6.98. The van der Waals surface area contributed by atoms with E-state index in [1.54, 1.807) is 4.90 Å². The largest absolute Gasteiger partial charge is 0.481 e. The van der Waals surface area contributed by atoms with Crippen LogP contribution < -0.4 is 5.32 Å². The summed E-state index contributed by atoms with van der Waals surface area (Å²) in [6.45, 7) is 2.93. The number of nitrogens with one attached hydrogen (secondary N) is 1. The molecule has 0 aliphatic heterocycles. The van der Waals surface area contributed by atoms with Gasteiger partial charge in [-0.15, -0.1) is 0 Å². The summed E-state index contributed by atoms with van der Waals surface area (Å²) in [7, 11) is 0. The highest BCUT2D eigenvalue weighted by atomic mass is 16.4. The van der Waals surface area contributed by atoms with E-state index in [0.29, 0.717) is 32.4 Å². The molecule has 0 bridgehead atoms. The second kappa shape index (κ2) is 9.20. The summed E-state index contributed by atoms with van der Waals surface area (Å²) in [6.07, 6.45) is 2.40. The summed E-state index contributed by atoms with van der Waals surface area (Å²) in [4.78, 5) is 37.4. The fourth-order valence-corrected chi connectivity index (χ4v) is 3.25. The molecule has 1 fully saturated rings. The third kappa shape index (κ3) is 5.59. The molecule has 2 rings (SSSR count). The molecule has 1 aromatic carbocycles. The minimum atomic E-state index is -0.839. The number of rotatable bonds is 7. The van der Waals surface area contributed by atoms with Gasteiger partial charge in [0.15, 0.2) is 0 Å². The van der Waals surface area contributed by atoms with Gasteiger partial charge in [-0.3, -0.25) is 14.4 Å². The molecule has 0 aromatic heterocycles. The molecular formula is C19H26N2O4. The van der Waals surface area contributed by atoms with Crippen LogP contribution in [0.1, 0.15) is 38.2 Å². The van der Waals surface area contributed by atoms with Gasteiger partial charge in [0, 0.05) is 19.0 Å². The van der Waals surface area contributed by atoms with Gasteiger partial charge in [-0.25, -0.2) is 0 Å². The number of hydrogen-bond donors (Lipinski definition) is 2. The molecule has 2 unspecified atom stereocenters. The normalized spacial score (nSPS) is 19.9. The molecule has 1 aliphatic carbocycles. The first-order valence-corrected chi connectivity index (χ1v) is 8.83. The number of aliphatic carboxylic acids is 1. The smallest absolute Gasteiger partial charge is 0.306 e. The number of carboxylic acids is 1. The fraction of sp³-hybridized carbons (Fsp3) is 0.526. The summed E-state index contributed by atoms with van der Waals surface area (Å²) < 4.78 is 0. The summed E-state index contributed by atoms with van der Waals surface area (Å²) in [5.41, 5.74) is 1.04. The van der Waals surface area contributed by atoms with Gasteiger partial charge >= 0.3 is 5.97 Å². The van der Waals surface area contributed by atoms with E-state index in [2.05, 4.69) is 5.32 Å². The van der Waals surface area contributed by atoms with E-state index >= 15 is 0 Å². The van der Waals surface area contributed by atoms with E-state index in [0.717, 1.165) is 12.0 Å². The maximum Gasteiger partial charge on any atom is 0.306 e. The number of carbonyl (C=O) groups is 3. The molecule has 1 aliphatic rings. The van der Waals surface area contributed by atoms with E-state index in [4.69, 9.17) is 5.11 Å². The average Bonchev–Trinajstić information content (AvgIpc) is 2.64. The molecule has 136 valence electrons. The van der Waals surface area contributed by atoms with Crippen LogP contribution in [0.3, 0.4) is 0 Å². The molecule has 0 spiro atoms. The lowest BCUT2D eigenvalue weighted by molar-refractivity contribution is -0.144. The number of nitrogens with zero attached hydrogens (tertiary/aromatic N) is 1. The fourth-order valence-electron chi connectivity index (χ4n) is 3.25. The molecule has 1 aromatic rings. The monoisotopic (exact) mass is 346 g/mol. The van der Waals surface area contributed by atoms with Crippen molar-refractivity contribution < 1.29 is 19.5 Å². The lowest BCUT2D eigenvalue weighted by Crippen LogP contribution is -2.42. The molecule has 6 nitrogen and oxygen atoms in total. The predicted octanol–water partition coefficient (Wildman–Crippen LogP) is 2.04. The zero-order valence-electron chi connectivity index (χ0n) is 14.6. The van der Waals surface area contributed by atoms with Gasteiger partial charge in [0.05, 0.1) is 12.5 Å². The van der Waals surface area contributed by atoms with Crippen LogP contribution in [-0.2, 0) is 20.9 Å². The molecule has 2 amide bonds. The van der Waals surface area contributed by atoms with Gasteiger partial charge in [0.2, 0.25) is 11.8 Å². The van der Waals surface area contributed by atoms with Gasteiger partial charge in [-0.05, 0) is 31.7 Å². The van der Waals surface area contributed by atoms with Crippen LogP contribution in [0.2, 0.25) is 0 Å². The van der Waals surface area contributed by atoms with Gasteiger partial charge in [-0.1, -0.05) is 36.8 Å². The Morgan fingerprint density at radius 1 is 1.16 bits per heavy atom. The van der Waals surface area contributed by atoms with Crippen LogP contribution >= 0.6 is 0 Å². The molecular weight excluding hydrogens is 320 g/mol. The van der Waals surface area contributed by atoms with E-state index in [-0.39, 0.29) is 24.3 Å². The number of hydrogen-bond acceptors (Lipinski definition) is 3. The minimum Gasteiger partial charge on any atom is -0.481 e. The van der Waals surface area contributed by atoms with Crippen molar-refractivity contribution in [2.45, 2.75) is 39.2 Å². The Hall–Kier alpha value is -2.37. The van der Waals surface area contributed by atoms with Crippen molar-refractivity contribution in [3.8, 4) is 0 Å². The highest BCUT2D eigenvalue weighted by molar-refractivity contribution is 5.86. The zero-order chi connectivity index (χ0) is 18.2. The van der Waals surface area contributed by atoms with Gasteiger partial charge in [0.1, 0.15) is 0 Å². The van der Waals surface area contributed by atoms with E-state index in [1.165, 1.54) is 0 Å². The second-order valence-electron chi connectivity index (χ2n) is 6.51. The van der Waals surface area contributed by atoms with Crippen molar-refractivity contribution in [1.82, 2.24) is 10.2 Å². The number of benzene rings is 1. The molecule has 6 heteroatoms. The first kappa shape index (κ1) is 19.0. The van der Waals surface area contributed by atoms with E-state index in [1.807, 2.05) is 37.3 Å². The Labute approximate surface area is 148 Å². The third-order valence-electron chi connectivity index (χ3n) is 4.76. The first-order chi connectivity index (χ1) is 12.0. The van der Waals surface area contributed by atoms with Gasteiger partial charge in [-0.2, -0.15) is 0 Å². The number of carbonyl (C=O) groups excluding carboxylic acids is 2. The van der Waals surface area contributed by atoms with Gasteiger partial charge in [0.25, 0.3) is 0 Å². The molecule has 2 N–H and O–H groups in total. The van der Waals surface area contributed by atoms with Crippen LogP contribution in [0, 0.1) is 11.8 Å². The lowest BCUT2D eigenvalue weighted by atomic mass is 9.81. The highest BCUT2D eigenvalue weighted by Crippen LogP contribution is 2.29. The van der Waals surface area contributed by atoms with E-state index < -0.39 is 11.9 Å². The molecule has 0 heterocycles. The lowest BCUT2D eigenvalue weighted by Gasteiger charge is -2.26. The first-order valence-electron chi connectivity index (χ1n) is 8.83. The van der Waals surface area contributed by atoms with Crippen molar-refractivity contribution in [2.24, 2.45) is 11.8 Å². The SMILES string of the molecule is CCN(Cc1ccccc1)C(=O)CNC(=O)C1CCCC(C(=O)O)C1. The topological polar surface area (TPSA) is 86.7 Å². The molecule has 0 radical (unpaired) electrons. The van der Waals surface area contributed by atoms with Crippen LogP contribution in [0.5, 0.6) is 0 Å². The van der Waals surface area contributed by atoms with Crippen molar-refractivity contribution in [2.75, 3.05) is 13.1 Å². The number of amides is 2. The van der Waals surface area contributed by atoms with Crippen LogP contribution in [0.15, 0.2) is 30.3 Å². The Bertz CT molecular complexity index is 603. The van der Waals surface area contributed by atoms with Crippen LogP contribution in [0.4, 0.5) is 0 Å². The van der Waals surface area contributed by atoms with Crippen LogP contribution in [-0.4, -0.2) is 40.9 Å². The number of carboxylic acid groups (broad SMARTS) is 1. The minimum absolute atomic E-state index is 0.0479. The summed E-state index contributed by atoms with van der Waals surface area (Å²) in [6, 6.07) is 9.70. The Morgan fingerprint density at radius 3 is 2.48 bits per heavy atom. The van der Waals surface area contributed by atoms with Crippen molar-refractivity contribution in [3.05, 3.63) is 35.9 Å². The van der Waals surface area contributed by atoms with Crippen molar-refractivity contribution in [3.63, 3.8) is 0 Å². The highest BCUT2D eigenvalue weighted by Gasteiger charge is 2.31. The standard InChI is InChI=1S/C19H26N2O4/c1-2-21(13-14-7-4-3-5-8-14)17(22)12-20-18(23)15-9-6-10-16(11-15)19(24)25/h3-5,7-8,15-16H,2,6,9-13H2,1H3,(H,20,23)(H,24,25). The third-order valence-corrected chi connectivity index (χ3v) is 4.76. The van der Waals surface area contributed by atoms with Crippen LogP contribution in [0.25, 0.3) is 0 Å². The van der Waals surface area contributed by atoms with Crippen molar-refractivity contribution >= 4 is 17.8 Å².